The monoisotopic (exact) mass is 295 g/mol. The molecule has 1 aromatic carbocycles. The minimum absolute atomic E-state index is 0.0181. The van der Waals surface area contributed by atoms with Gasteiger partial charge in [0.25, 0.3) is 0 Å². The second-order valence-corrected chi connectivity index (χ2v) is 5.31. The zero-order chi connectivity index (χ0) is 14.9. The molecule has 5 nitrogen and oxygen atoms in total. The number of benzene rings is 1. The fraction of sp³-hybridized carbons (Fsp3) is 0.188. The highest BCUT2D eigenvalue weighted by atomic mass is 19.1. The van der Waals surface area contributed by atoms with Crippen LogP contribution in [-0.2, 0) is 0 Å². The maximum absolute atomic E-state index is 13.2. The summed E-state index contributed by atoms with van der Waals surface area (Å²) in [5, 5.41) is 7.68. The lowest BCUT2D eigenvalue weighted by Gasteiger charge is -2.31. The topological polar surface area (TPSA) is 55.6 Å². The maximum atomic E-state index is 13.2. The van der Waals surface area contributed by atoms with E-state index in [1.54, 1.807) is 18.3 Å². The summed E-state index contributed by atoms with van der Waals surface area (Å²) in [7, 11) is 0. The summed E-state index contributed by atoms with van der Waals surface area (Å²) < 4.78 is 15.0. The number of hydrogen-bond acceptors (Lipinski definition) is 4. The van der Waals surface area contributed by atoms with Gasteiger partial charge >= 0.3 is 0 Å². The predicted molar refractivity (Wildman–Crippen MR) is 79.8 cm³/mol. The summed E-state index contributed by atoms with van der Waals surface area (Å²) in [5.74, 6) is 0.481. The minimum Gasteiger partial charge on any atom is -0.347 e. The van der Waals surface area contributed by atoms with Crippen molar-refractivity contribution in [3.63, 3.8) is 0 Å². The molecule has 0 aliphatic carbocycles. The molecule has 2 atom stereocenters. The third-order valence-electron chi connectivity index (χ3n) is 3.97. The van der Waals surface area contributed by atoms with Gasteiger partial charge in [-0.2, -0.15) is 10.1 Å². The Bertz CT molecular complexity index is 769. The van der Waals surface area contributed by atoms with Gasteiger partial charge in [-0.3, -0.25) is 4.98 Å². The Morgan fingerprint density at radius 1 is 1.14 bits per heavy atom. The number of halogens is 1. The first-order valence-corrected chi connectivity index (χ1v) is 7.13. The van der Waals surface area contributed by atoms with Crippen LogP contribution in [0.25, 0.3) is 0 Å². The number of anilines is 1. The Hall–Kier alpha value is -2.76. The second-order valence-electron chi connectivity index (χ2n) is 5.31. The third kappa shape index (κ3) is 2.22. The first-order valence-electron chi connectivity index (χ1n) is 7.13. The maximum Gasteiger partial charge on any atom is 0.222 e. The van der Waals surface area contributed by atoms with Crippen LogP contribution < -0.4 is 5.32 Å². The summed E-state index contributed by atoms with van der Waals surface area (Å²) in [6.07, 6.45) is 5.94. The zero-order valence-corrected chi connectivity index (χ0v) is 11.7. The van der Waals surface area contributed by atoms with Crippen molar-refractivity contribution < 1.29 is 4.39 Å². The summed E-state index contributed by atoms with van der Waals surface area (Å²) in [4.78, 5) is 8.45. The molecule has 1 aliphatic rings. The quantitative estimate of drug-likeness (QED) is 0.789. The van der Waals surface area contributed by atoms with E-state index in [2.05, 4.69) is 20.4 Å². The molecule has 3 heterocycles. The second kappa shape index (κ2) is 5.22. The Kier molecular flexibility index (Phi) is 3.07. The molecule has 2 aromatic heterocycles. The number of hydrogen-bond donors (Lipinski definition) is 1. The molecule has 0 saturated carbocycles. The molecule has 6 heteroatoms. The van der Waals surface area contributed by atoms with E-state index in [4.69, 9.17) is 0 Å². The van der Waals surface area contributed by atoms with Crippen LogP contribution in [0.3, 0.4) is 0 Å². The summed E-state index contributed by atoms with van der Waals surface area (Å²) in [6.45, 7) is 0. The van der Waals surface area contributed by atoms with Crippen LogP contribution in [0.1, 0.15) is 29.6 Å². The van der Waals surface area contributed by atoms with Crippen LogP contribution in [0.15, 0.2) is 55.1 Å². The molecular weight excluding hydrogens is 281 g/mol. The van der Waals surface area contributed by atoms with Crippen molar-refractivity contribution in [3.05, 3.63) is 72.1 Å². The Labute approximate surface area is 126 Å². The van der Waals surface area contributed by atoms with Crippen LogP contribution in [0.5, 0.6) is 0 Å². The van der Waals surface area contributed by atoms with Crippen molar-refractivity contribution in [2.45, 2.75) is 18.5 Å². The van der Waals surface area contributed by atoms with Gasteiger partial charge in [0.1, 0.15) is 12.1 Å². The lowest BCUT2D eigenvalue weighted by molar-refractivity contribution is 0.430. The predicted octanol–water partition coefficient (Wildman–Crippen LogP) is 2.96. The SMILES string of the molecule is Fc1ccc([C@@H]2C[C@@H](c3cccnc3)Nc3ncnn32)cc1. The van der Waals surface area contributed by atoms with Crippen LogP contribution in [0, 0.1) is 5.82 Å². The molecule has 4 rings (SSSR count). The standard InChI is InChI=1S/C16H14FN5/c17-13-5-3-11(4-6-13)15-8-14(12-2-1-7-18-9-12)21-16-19-10-20-22(15)16/h1-7,9-10,14-15H,8H2,(H,19,20,21)/t14-,15-/m0/s1. The van der Waals surface area contributed by atoms with Crippen LogP contribution >= 0.6 is 0 Å². The summed E-state index contributed by atoms with van der Waals surface area (Å²) in [6, 6.07) is 10.6. The van der Waals surface area contributed by atoms with Crippen molar-refractivity contribution in [1.29, 1.82) is 0 Å². The third-order valence-corrected chi connectivity index (χ3v) is 3.97. The number of pyridine rings is 1. The van der Waals surface area contributed by atoms with Gasteiger partial charge < -0.3 is 5.32 Å². The molecule has 0 fully saturated rings. The first kappa shape index (κ1) is 12.9. The van der Waals surface area contributed by atoms with Crippen molar-refractivity contribution in [1.82, 2.24) is 19.7 Å². The average Bonchev–Trinajstić information content (AvgIpc) is 3.04. The average molecular weight is 295 g/mol. The molecular formula is C16H14FN5. The van der Waals surface area contributed by atoms with E-state index < -0.39 is 0 Å². The first-order chi connectivity index (χ1) is 10.8. The number of nitrogens with zero attached hydrogens (tertiary/aromatic N) is 4. The van der Waals surface area contributed by atoms with Gasteiger partial charge in [-0.25, -0.2) is 9.07 Å². The zero-order valence-electron chi connectivity index (χ0n) is 11.7. The van der Waals surface area contributed by atoms with E-state index in [1.807, 2.05) is 23.0 Å². The number of rotatable bonds is 2. The molecule has 22 heavy (non-hydrogen) atoms. The Balaban J connectivity index is 1.73. The smallest absolute Gasteiger partial charge is 0.222 e. The molecule has 0 bridgehead atoms. The molecule has 0 unspecified atom stereocenters. The van der Waals surface area contributed by atoms with E-state index in [0.29, 0.717) is 0 Å². The largest absolute Gasteiger partial charge is 0.347 e. The normalized spacial score (nSPS) is 20.2. The van der Waals surface area contributed by atoms with E-state index in [9.17, 15) is 4.39 Å². The summed E-state index contributed by atoms with van der Waals surface area (Å²) in [5.41, 5.74) is 2.12. The van der Waals surface area contributed by atoms with Crippen molar-refractivity contribution in [2.75, 3.05) is 5.32 Å². The van der Waals surface area contributed by atoms with E-state index >= 15 is 0 Å². The van der Waals surface area contributed by atoms with Crippen molar-refractivity contribution in [2.24, 2.45) is 0 Å². The van der Waals surface area contributed by atoms with E-state index in [-0.39, 0.29) is 17.9 Å². The number of aromatic nitrogens is 4. The van der Waals surface area contributed by atoms with Crippen molar-refractivity contribution >= 4 is 5.95 Å². The van der Waals surface area contributed by atoms with E-state index in [0.717, 1.165) is 23.5 Å². The number of nitrogens with one attached hydrogen (secondary N) is 1. The Morgan fingerprint density at radius 2 is 2.00 bits per heavy atom. The van der Waals surface area contributed by atoms with Gasteiger partial charge in [-0.1, -0.05) is 18.2 Å². The molecule has 0 amide bonds. The van der Waals surface area contributed by atoms with Crippen molar-refractivity contribution in [3.8, 4) is 0 Å². The molecule has 1 aliphatic heterocycles. The molecule has 1 N–H and O–H groups in total. The highest BCUT2D eigenvalue weighted by Gasteiger charge is 2.29. The fourth-order valence-corrected chi connectivity index (χ4v) is 2.88. The molecule has 0 spiro atoms. The fourth-order valence-electron chi connectivity index (χ4n) is 2.88. The van der Waals surface area contributed by atoms with Gasteiger partial charge in [0.2, 0.25) is 5.95 Å². The van der Waals surface area contributed by atoms with Crippen LogP contribution in [0.2, 0.25) is 0 Å². The van der Waals surface area contributed by atoms with Gasteiger partial charge in [-0.15, -0.1) is 0 Å². The molecule has 0 radical (unpaired) electrons. The van der Waals surface area contributed by atoms with Crippen LogP contribution in [-0.4, -0.2) is 19.7 Å². The van der Waals surface area contributed by atoms with E-state index in [1.165, 1.54) is 18.5 Å². The minimum atomic E-state index is -0.236. The molecule has 110 valence electrons. The lowest BCUT2D eigenvalue weighted by Crippen LogP contribution is -2.28. The highest BCUT2D eigenvalue weighted by Crippen LogP contribution is 2.36. The lowest BCUT2D eigenvalue weighted by atomic mass is 9.94. The molecule has 0 saturated heterocycles. The van der Waals surface area contributed by atoms with Gasteiger partial charge in [-0.05, 0) is 35.7 Å². The van der Waals surface area contributed by atoms with Gasteiger partial charge in [0.15, 0.2) is 0 Å². The molecule has 3 aromatic rings. The van der Waals surface area contributed by atoms with Gasteiger partial charge in [0.05, 0.1) is 12.1 Å². The Morgan fingerprint density at radius 3 is 2.77 bits per heavy atom. The van der Waals surface area contributed by atoms with Gasteiger partial charge in [0, 0.05) is 12.4 Å². The van der Waals surface area contributed by atoms with Crippen LogP contribution in [0.4, 0.5) is 10.3 Å². The summed E-state index contributed by atoms with van der Waals surface area (Å²) >= 11 is 0. The number of fused-ring (bicyclic) bond motifs is 1. The highest BCUT2D eigenvalue weighted by molar-refractivity contribution is 5.37.